The minimum absolute atomic E-state index is 0.00587. The molecule has 1 fully saturated rings. The van der Waals surface area contributed by atoms with Crippen molar-refractivity contribution in [2.75, 3.05) is 26.2 Å². The number of piperidine rings is 1. The maximum Gasteiger partial charge on any atom is 0.257 e. The summed E-state index contributed by atoms with van der Waals surface area (Å²) >= 11 is 11.5. The summed E-state index contributed by atoms with van der Waals surface area (Å²) in [5.74, 6) is -1.63. The zero-order chi connectivity index (χ0) is 26.7. The van der Waals surface area contributed by atoms with E-state index in [-0.39, 0.29) is 39.4 Å². The van der Waals surface area contributed by atoms with Crippen LogP contribution in [0.25, 0.3) is 17.1 Å². The van der Waals surface area contributed by atoms with Gasteiger partial charge in [0.1, 0.15) is 35.7 Å². The summed E-state index contributed by atoms with van der Waals surface area (Å²) in [5.41, 5.74) is -0.370. The standard InChI is InChI=1S/C26H25Cl2F2N3O4/c1-2-33-13-19(25(35)18-10-23(30)21(28)11-24(18)33)26(36)31-15-5-7-32(8-6-15)12-16(34)14-37-17-3-4-20(27)22(29)9-17/h2-4,9-11,13,15-16,34H,1,5-8,12,14H2,(H,31,36). The molecule has 2 N–H and O–H groups in total. The molecule has 11 heteroatoms. The summed E-state index contributed by atoms with van der Waals surface area (Å²) in [5, 5.41) is 13.1. The molecule has 1 aliphatic rings. The molecule has 1 aromatic heterocycles. The zero-order valence-electron chi connectivity index (χ0n) is 19.7. The summed E-state index contributed by atoms with van der Waals surface area (Å²) in [6, 6.07) is 6.23. The average Bonchev–Trinajstić information content (AvgIpc) is 2.87. The Morgan fingerprint density at radius 2 is 1.89 bits per heavy atom. The second kappa shape index (κ2) is 11.6. The topological polar surface area (TPSA) is 83.8 Å². The Bertz CT molecular complexity index is 1390. The number of aromatic nitrogens is 1. The smallest absolute Gasteiger partial charge is 0.257 e. The van der Waals surface area contributed by atoms with Crippen LogP contribution >= 0.6 is 23.2 Å². The number of aliphatic hydroxyl groups is 1. The van der Waals surface area contributed by atoms with E-state index in [1.165, 1.54) is 35.2 Å². The lowest BCUT2D eigenvalue weighted by molar-refractivity contribution is 0.0567. The third-order valence-electron chi connectivity index (χ3n) is 6.24. The molecule has 1 unspecified atom stereocenters. The Kier molecular flexibility index (Phi) is 8.49. The first-order chi connectivity index (χ1) is 17.7. The summed E-state index contributed by atoms with van der Waals surface area (Å²) < 4.78 is 34.4. The number of nitrogens with one attached hydrogen (secondary N) is 1. The molecule has 2 aromatic carbocycles. The van der Waals surface area contributed by atoms with Crippen molar-refractivity contribution in [2.24, 2.45) is 0 Å². The summed E-state index contributed by atoms with van der Waals surface area (Å²) in [7, 11) is 0. The number of amides is 1. The number of fused-ring (bicyclic) bond motifs is 1. The maximum absolute atomic E-state index is 14.0. The Morgan fingerprint density at radius 1 is 1.19 bits per heavy atom. The number of β-amino-alcohol motifs (C(OH)–C–C–N with tert-alkyl or cyclic N) is 1. The van der Waals surface area contributed by atoms with Gasteiger partial charge in [0.05, 0.1) is 15.6 Å². The fraction of sp³-hybridized carbons (Fsp3) is 0.308. The second-order valence-electron chi connectivity index (χ2n) is 8.83. The van der Waals surface area contributed by atoms with Crippen molar-refractivity contribution in [3.63, 3.8) is 0 Å². The van der Waals surface area contributed by atoms with E-state index in [9.17, 15) is 23.5 Å². The molecular formula is C26H25Cl2F2N3O4. The SMILES string of the molecule is C=Cn1cc(C(=O)NC2CCN(CC(O)COc3ccc(Cl)c(F)c3)CC2)c(=O)c2cc(F)c(Cl)cc21. The van der Waals surface area contributed by atoms with Crippen LogP contribution in [-0.4, -0.2) is 58.9 Å². The van der Waals surface area contributed by atoms with E-state index in [1.807, 2.05) is 4.90 Å². The Balaban J connectivity index is 1.32. The number of carbonyl (C=O) groups excluding carboxylic acids is 1. The fourth-order valence-electron chi connectivity index (χ4n) is 4.29. The van der Waals surface area contributed by atoms with E-state index in [1.54, 1.807) is 0 Å². The lowest BCUT2D eigenvalue weighted by Crippen LogP contribution is -2.47. The molecule has 3 aromatic rings. The molecule has 0 aliphatic carbocycles. The van der Waals surface area contributed by atoms with Gasteiger partial charge in [0, 0.05) is 49.5 Å². The summed E-state index contributed by atoms with van der Waals surface area (Å²) in [6.07, 6.45) is 3.18. The molecule has 2 heterocycles. The van der Waals surface area contributed by atoms with Gasteiger partial charge in [-0.3, -0.25) is 9.59 Å². The van der Waals surface area contributed by atoms with Gasteiger partial charge in [-0.15, -0.1) is 0 Å². The predicted molar refractivity (Wildman–Crippen MR) is 139 cm³/mol. The van der Waals surface area contributed by atoms with E-state index < -0.39 is 29.1 Å². The number of likely N-dealkylation sites (tertiary alicyclic amines) is 1. The number of carbonyl (C=O) groups is 1. The fourth-order valence-corrected chi connectivity index (χ4v) is 4.57. The minimum Gasteiger partial charge on any atom is -0.491 e. The minimum atomic E-state index is -0.797. The first-order valence-corrected chi connectivity index (χ1v) is 12.4. The highest BCUT2D eigenvalue weighted by Crippen LogP contribution is 2.23. The molecule has 37 heavy (non-hydrogen) atoms. The predicted octanol–water partition coefficient (Wildman–Crippen LogP) is 4.32. The van der Waals surface area contributed by atoms with Gasteiger partial charge in [-0.05, 0) is 37.1 Å². The van der Waals surface area contributed by atoms with Gasteiger partial charge >= 0.3 is 0 Å². The van der Waals surface area contributed by atoms with E-state index in [4.69, 9.17) is 27.9 Å². The molecular weight excluding hydrogens is 527 g/mol. The van der Waals surface area contributed by atoms with Gasteiger partial charge in [0.15, 0.2) is 0 Å². The van der Waals surface area contributed by atoms with Crippen LogP contribution in [0, 0.1) is 11.6 Å². The molecule has 196 valence electrons. The number of aliphatic hydroxyl groups excluding tert-OH is 1. The van der Waals surface area contributed by atoms with E-state index >= 15 is 0 Å². The van der Waals surface area contributed by atoms with Crippen molar-refractivity contribution >= 4 is 46.2 Å². The lowest BCUT2D eigenvalue weighted by atomic mass is 10.0. The van der Waals surface area contributed by atoms with Crippen molar-refractivity contribution < 1.29 is 23.4 Å². The van der Waals surface area contributed by atoms with Crippen LogP contribution in [0.3, 0.4) is 0 Å². The molecule has 1 atom stereocenters. The van der Waals surface area contributed by atoms with Crippen molar-refractivity contribution in [3.05, 3.63) is 80.6 Å². The molecule has 1 amide bonds. The summed E-state index contributed by atoms with van der Waals surface area (Å²) in [6.45, 7) is 5.23. The quantitative estimate of drug-likeness (QED) is 0.435. The number of rotatable bonds is 8. The van der Waals surface area contributed by atoms with Crippen LogP contribution < -0.4 is 15.5 Å². The van der Waals surface area contributed by atoms with Crippen molar-refractivity contribution in [2.45, 2.75) is 25.0 Å². The lowest BCUT2D eigenvalue weighted by Gasteiger charge is -2.33. The number of pyridine rings is 1. The number of hydrogen-bond donors (Lipinski definition) is 2. The number of halogens is 4. The first kappa shape index (κ1) is 27.1. The highest BCUT2D eigenvalue weighted by molar-refractivity contribution is 6.31. The summed E-state index contributed by atoms with van der Waals surface area (Å²) in [4.78, 5) is 27.9. The molecule has 0 radical (unpaired) electrons. The number of hydrogen-bond acceptors (Lipinski definition) is 5. The highest BCUT2D eigenvalue weighted by Gasteiger charge is 2.24. The second-order valence-corrected chi connectivity index (χ2v) is 9.65. The maximum atomic E-state index is 14.0. The third-order valence-corrected chi connectivity index (χ3v) is 6.84. The average molecular weight is 552 g/mol. The van der Waals surface area contributed by atoms with Crippen molar-refractivity contribution in [1.82, 2.24) is 14.8 Å². The largest absolute Gasteiger partial charge is 0.491 e. The molecule has 4 rings (SSSR count). The first-order valence-electron chi connectivity index (χ1n) is 11.6. The van der Waals surface area contributed by atoms with Gasteiger partial charge < -0.3 is 24.6 Å². The number of benzene rings is 2. The Morgan fingerprint density at radius 3 is 2.57 bits per heavy atom. The number of nitrogens with zero attached hydrogens (tertiary/aromatic N) is 2. The van der Waals surface area contributed by atoms with Gasteiger partial charge in [-0.2, -0.15) is 0 Å². The molecule has 7 nitrogen and oxygen atoms in total. The van der Waals surface area contributed by atoms with Gasteiger partial charge in [0.2, 0.25) is 5.43 Å². The van der Waals surface area contributed by atoms with Crippen LogP contribution in [0.15, 0.2) is 47.9 Å². The van der Waals surface area contributed by atoms with Crippen LogP contribution in [-0.2, 0) is 0 Å². The van der Waals surface area contributed by atoms with Crippen molar-refractivity contribution in [1.29, 1.82) is 0 Å². The van der Waals surface area contributed by atoms with Crippen LogP contribution in [0.2, 0.25) is 10.0 Å². The molecule has 0 bridgehead atoms. The van der Waals surface area contributed by atoms with Crippen LogP contribution in [0.1, 0.15) is 23.2 Å². The molecule has 1 saturated heterocycles. The highest BCUT2D eigenvalue weighted by atomic mass is 35.5. The van der Waals surface area contributed by atoms with Crippen molar-refractivity contribution in [3.8, 4) is 5.75 Å². The third kappa shape index (κ3) is 6.30. The van der Waals surface area contributed by atoms with E-state index in [2.05, 4.69) is 11.9 Å². The van der Waals surface area contributed by atoms with E-state index in [0.29, 0.717) is 38.0 Å². The zero-order valence-corrected chi connectivity index (χ0v) is 21.2. The number of ether oxygens (including phenoxy) is 1. The normalized spacial score (nSPS) is 15.5. The Labute approximate surface area is 221 Å². The van der Waals surface area contributed by atoms with Gasteiger partial charge in [0.25, 0.3) is 5.91 Å². The molecule has 1 aliphatic heterocycles. The molecule has 0 spiro atoms. The van der Waals surface area contributed by atoms with Crippen LogP contribution in [0.5, 0.6) is 5.75 Å². The Hall–Kier alpha value is -2.98. The monoisotopic (exact) mass is 551 g/mol. The molecule has 0 saturated carbocycles. The van der Waals surface area contributed by atoms with Gasteiger partial charge in [-0.25, -0.2) is 8.78 Å². The van der Waals surface area contributed by atoms with Crippen LogP contribution in [0.4, 0.5) is 8.78 Å². The van der Waals surface area contributed by atoms with E-state index in [0.717, 1.165) is 12.1 Å². The van der Waals surface area contributed by atoms with Gasteiger partial charge in [-0.1, -0.05) is 29.8 Å².